The largest absolute Gasteiger partial charge is 0.485 e. The van der Waals surface area contributed by atoms with E-state index in [-0.39, 0.29) is 35.1 Å². The van der Waals surface area contributed by atoms with Crippen molar-refractivity contribution in [3.63, 3.8) is 0 Å². The van der Waals surface area contributed by atoms with Crippen LogP contribution in [0.2, 0.25) is 0 Å². The molecule has 37 heavy (non-hydrogen) atoms. The molecule has 3 aromatic rings. The van der Waals surface area contributed by atoms with E-state index in [1.807, 2.05) is 36.6 Å². The van der Waals surface area contributed by atoms with E-state index in [1.165, 1.54) is 44.2 Å². The lowest BCUT2D eigenvalue weighted by Gasteiger charge is -2.12. The zero-order valence-corrected chi connectivity index (χ0v) is 21.9. The van der Waals surface area contributed by atoms with Crippen molar-refractivity contribution >= 4 is 35.3 Å². The average Bonchev–Trinajstić information content (AvgIpc) is 3.28. The summed E-state index contributed by atoms with van der Waals surface area (Å²) in [4.78, 5) is 36.6. The zero-order valence-electron chi connectivity index (χ0n) is 21.1. The smallest absolute Gasteiger partial charge is 0.337 e. The second-order valence-electron chi connectivity index (χ2n) is 7.90. The summed E-state index contributed by atoms with van der Waals surface area (Å²) in [5.41, 5.74) is 2.64. The highest BCUT2D eigenvalue weighted by molar-refractivity contribution is 7.99. The maximum Gasteiger partial charge on any atom is 0.337 e. The van der Waals surface area contributed by atoms with Gasteiger partial charge in [-0.25, -0.2) is 9.59 Å². The summed E-state index contributed by atoms with van der Waals surface area (Å²) in [5.74, 6) is -0.306. The molecule has 1 N–H and O–H groups in total. The number of allylic oxidation sites excluding steroid dienone is 1. The minimum Gasteiger partial charge on any atom is -0.485 e. The van der Waals surface area contributed by atoms with Crippen molar-refractivity contribution in [2.45, 2.75) is 32.2 Å². The summed E-state index contributed by atoms with van der Waals surface area (Å²) < 4.78 is 17.2. The van der Waals surface area contributed by atoms with Crippen LogP contribution in [0, 0.1) is 13.8 Å². The van der Waals surface area contributed by atoms with Gasteiger partial charge in [0, 0.05) is 12.2 Å². The number of hydrogen-bond acceptors (Lipinski definition) is 9. The van der Waals surface area contributed by atoms with Crippen LogP contribution in [0.25, 0.3) is 0 Å². The fourth-order valence-electron chi connectivity index (χ4n) is 3.37. The molecular formula is C26H28N4O6S. The summed E-state index contributed by atoms with van der Waals surface area (Å²) >= 11 is 1.18. The molecule has 0 saturated heterocycles. The molecule has 0 bridgehead atoms. The Bertz CT molecular complexity index is 1290. The number of thioether (sulfide) groups is 1. The molecule has 1 aromatic heterocycles. The number of aromatic nitrogens is 3. The third kappa shape index (κ3) is 6.98. The van der Waals surface area contributed by atoms with Crippen LogP contribution in [0.1, 0.15) is 37.7 Å². The first-order valence-corrected chi connectivity index (χ1v) is 12.2. The minimum atomic E-state index is -0.649. The molecule has 1 heterocycles. The first-order valence-electron chi connectivity index (χ1n) is 11.2. The fourth-order valence-corrected chi connectivity index (χ4v) is 4.13. The van der Waals surface area contributed by atoms with E-state index in [9.17, 15) is 14.4 Å². The molecule has 0 aliphatic heterocycles. The van der Waals surface area contributed by atoms with Gasteiger partial charge < -0.3 is 19.5 Å². The van der Waals surface area contributed by atoms with Gasteiger partial charge in [-0.05, 0) is 49.2 Å². The Morgan fingerprint density at radius 2 is 1.73 bits per heavy atom. The van der Waals surface area contributed by atoms with Gasteiger partial charge in [0.25, 0.3) is 0 Å². The number of carbonyl (C=O) groups is 3. The predicted molar refractivity (Wildman–Crippen MR) is 139 cm³/mol. The van der Waals surface area contributed by atoms with Crippen molar-refractivity contribution in [2.75, 3.05) is 25.3 Å². The standard InChI is InChI=1S/C26H28N4O6S/c1-6-10-30-22(14-36-21-9-7-8-16(2)17(21)3)28-29-26(30)37-15-23(31)27-20-12-18(24(32)34-4)11-19(13-20)25(33)35-5/h6-9,11-13H,1,10,14-15H2,2-5H3,(H,27,31). The number of nitrogens with one attached hydrogen (secondary N) is 1. The van der Waals surface area contributed by atoms with Crippen molar-refractivity contribution in [3.05, 3.63) is 77.1 Å². The lowest BCUT2D eigenvalue weighted by molar-refractivity contribution is -0.113. The molecule has 2 aromatic carbocycles. The Morgan fingerprint density at radius 3 is 2.35 bits per heavy atom. The van der Waals surface area contributed by atoms with Crippen molar-refractivity contribution in [1.82, 2.24) is 14.8 Å². The average molecular weight is 525 g/mol. The Morgan fingerprint density at radius 1 is 1.05 bits per heavy atom. The minimum absolute atomic E-state index is 0.00311. The lowest BCUT2D eigenvalue weighted by Crippen LogP contribution is -2.16. The number of methoxy groups -OCH3 is 2. The highest BCUT2D eigenvalue weighted by atomic mass is 32.2. The molecule has 10 nitrogen and oxygen atoms in total. The van der Waals surface area contributed by atoms with Crippen LogP contribution < -0.4 is 10.1 Å². The summed E-state index contributed by atoms with van der Waals surface area (Å²) in [6, 6.07) is 10.0. The number of amides is 1. The van der Waals surface area contributed by atoms with E-state index < -0.39 is 11.9 Å². The van der Waals surface area contributed by atoms with Crippen LogP contribution >= 0.6 is 11.8 Å². The summed E-state index contributed by atoms with van der Waals surface area (Å²) in [6.07, 6.45) is 1.71. The molecule has 0 aliphatic rings. The fraction of sp³-hybridized carbons (Fsp3) is 0.269. The maximum absolute atomic E-state index is 12.7. The Balaban J connectivity index is 1.70. The van der Waals surface area contributed by atoms with Gasteiger partial charge in [0.2, 0.25) is 5.91 Å². The molecule has 3 rings (SSSR count). The van der Waals surface area contributed by atoms with Gasteiger partial charge in [-0.3, -0.25) is 9.36 Å². The molecule has 0 radical (unpaired) electrons. The topological polar surface area (TPSA) is 122 Å². The number of anilines is 1. The van der Waals surface area contributed by atoms with E-state index >= 15 is 0 Å². The molecule has 11 heteroatoms. The molecule has 194 valence electrons. The van der Waals surface area contributed by atoms with Crippen LogP contribution in [0.5, 0.6) is 5.75 Å². The number of benzene rings is 2. The van der Waals surface area contributed by atoms with Crippen LogP contribution in [0.4, 0.5) is 5.69 Å². The number of aryl methyl sites for hydroxylation is 1. The van der Waals surface area contributed by atoms with E-state index in [0.29, 0.717) is 17.5 Å². The zero-order chi connectivity index (χ0) is 26.9. The van der Waals surface area contributed by atoms with Gasteiger partial charge in [0.1, 0.15) is 12.4 Å². The van der Waals surface area contributed by atoms with Gasteiger partial charge in [-0.15, -0.1) is 16.8 Å². The van der Waals surface area contributed by atoms with Gasteiger partial charge >= 0.3 is 11.9 Å². The Labute approximate surface area is 219 Å². The van der Waals surface area contributed by atoms with Crippen molar-refractivity contribution in [2.24, 2.45) is 0 Å². The maximum atomic E-state index is 12.7. The number of nitrogens with zero attached hydrogens (tertiary/aromatic N) is 3. The monoisotopic (exact) mass is 524 g/mol. The number of carbonyl (C=O) groups excluding carboxylic acids is 3. The third-order valence-electron chi connectivity index (χ3n) is 5.41. The second kappa shape index (κ2) is 12.7. The lowest BCUT2D eigenvalue weighted by atomic mass is 10.1. The highest BCUT2D eigenvalue weighted by Crippen LogP contribution is 2.23. The first kappa shape index (κ1) is 27.5. The second-order valence-corrected chi connectivity index (χ2v) is 8.85. The van der Waals surface area contributed by atoms with Crippen molar-refractivity contribution in [3.8, 4) is 5.75 Å². The number of rotatable bonds is 11. The summed E-state index contributed by atoms with van der Waals surface area (Å²) in [6.45, 7) is 8.44. The molecule has 0 spiro atoms. The van der Waals surface area contributed by atoms with Crippen LogP contribution in [0.3, 0.4) is 0 Å². The quantitative estimate of drug-likeness (QED) is 0.226. The summed E-state index contributed by atoms with van der Waals surface area (Å²) in [7, 11) is 2.45. The molecule has 0 aliphatic carbocycles. The van der Waals surface area contributed by atoms with Crippen LogP contribution in [0.15, 0.2) is 54.2 Å². The molecule has 0 atom stereocenters. The Kier molecular flexibility index (Phi) is 9.45. The van der Waals surface area contributed by atoms with E-state index in [2.05, 4.69) is 22.1 Å². The third-order valence-corrected chi connectivity index (χ3v) is 6.37. The molecule has 0 saturated carbocycles. The molecular weight excluding hydrogens is 496 g/mol. The van der Waals surface area contributed by atoms with Gasteiger partial charge in [0.15, 0.2) is 11.0 Å². The number of esters is 2. The first-order chi connectivity index (χ1) is 17.8. The van der Waals surface area contributed by atoms with Crippen molar-refractivity contribution < 1.29 is 28.6 Å². The van der Waals surface area contributed by atoms with Gasteiger partial charge in [-0.1, -0.05) is 30.0 Å². The molecule has 1 amide bonds. The van der Waals surface area contributed by atoms with E-state index in [0.717, 1.165) is 16.9 Å². The van der Waals surface area contributed by atoms with E-state index in [1.54, 1.807) is 6.08 Å². The predicted octanol–water partition coefficient (Wildman–Crippen LogP) is 3.96. The van der Waals surface area contributed by atoms with Crippen LogP contribution in [-0.4, -0.2) is 52.6 Å². The molecule has 0 fully saturated rings. The van der Waals surface area contributed by atoms with Crippen molar-refractivity contribution in [1.29, 1.82) is 0 Å². The normalized spacial score (nSPS) is 10.5. The number of hydrogen-bond donors (Lipinski definition) is 1. The Hall–Kier alpha value is -4.12. The van der Waals surface area contributed by atoms with E-state index in [4.69, 9.17) is 14.2 Å². The van der Waals surface area contributed by atoms with Gasteiger partial charge in [0.05, 0.1) is 31.1 Å². The molecule has 0 unspecified atom stereocenters. The highest BCUT2D eigenvalue weighted by Gasteiger charge is 2.17. The summed E-state index contributed by atoms with van der Waals surface area (Å²) in [5, 5.41) is 11.6. The SMILES string of the molecule is C=CCn1c(COc2cccc(C)c2C)nnc1SCC(=O)Nc1cc(C(=O)OC)cc(C(=O)OC)c1. The van der Waals surface area contributed by atoms with Crippen LogP contribution in [-0.2, 0) is 27.4 Å². The van der Waals surface area contributed by atoms with Gasteiger partial charge in [-0.2, -0.15) is 0 Å². The number of ether oxygens (including phenoxy) is 3.